The SMILES string of the molecule is O=C1OC(=O)C2C1C1C3C(=O)OC(=O)C3C2C(S(=O)(=O)[O-])C1S(=O)(=O)[O-].[Li+].[Li+]. The summed E-state index contributed by atoms with van der Waals surface area (Å²) in [6, 6.07) is 0. The third-order valence-corrected chi connectivity index (χ3v) is 8.39. The predicted octanol–water partition coefficient (Wildman–Crippen LogP) is -9.29. The van der Waals surface area contributed by atoms with E-state index in [0.717, 1.165) is 0 Å². The van der Waals surface area contributed by atoms with Crippen molar-refractivity contribution in [2.75, 3.05) is 0 Å². The Morgan fingerprint density at radius 3 is 0.964 bits per heavy atom. The van der Waals surface area contributed by atoms with Crippen LogP contribution in [0.4, 0.5) is 0 Å². The van der Waals surface area contributed by atoms with Gasteiger partial charge >= 0.3 is 61.6 Å². The van der Waals surface area contributed by atoms with E-state index in [1.165, 1.54) is 0 Å². The van der Waals surface area contributed by atoms with Crippen molar-refractivity contribution in [1.29, 1.82) is 0 Å². The van der Waals surface area contributed by atoms with Crippen LogP contribution in [-0.4, -0.2) is 60.3 Å². The molecule has 2 heterocycles. The quantitative estimate of drug-likeness (QED) is 0.176. The van der Waals surface area contributed by atoms with Crippen LogP contribution < -0.4 is 37.7 Å². The van der Waals surface area contributed by atoms with Gasteiger partial charge in [-0.15, -0.1) is 0 Å². The fraction of sp³-hybridized carbons (Fsp3) is 0.667. The van der Waals surface area contributed by atoms with Gasteiger partial charge in [0.05, 0.1) is 54.4 Å². The molecule has 0 aromatic heterocycles. The van der Waals surface area contributed by atoms with E-state index in [0.29, 0.717) is 0 Å². The van der Waals surface area contributed by atoms with Gasteiger partial charge in [0.25, 0.3) is 0 Å². The van der Waals surface area contributed by atoms with Gasteiger partial charge in [-0.3, -0.25) is 19.2 Å². The molecule has 142 valence electrons. The van der Waals surface area contributed by atoms with Crippen molar-refractivity contribution in [2.24, 2.45) is 35.5 Å². The number of hydrogen-bond donors (Lipinski definition) is 0. The number of carbonyl (C=O) groups is 4. The van der Waals surface area contributed by atoms with Crippen LogP contribution in [0.25, 0.3) is 0 Å². The van der Waals surface area contributed by atoms with Crippen LogP contribution >= 0.6 is 0 Å². The summed E-state index contributed by atoms with van der Waals surface area (Å²) >= 11 is 0. The Morgan fingerprint density at radius 2 is 0.786 bits per heavy atom. The molecule has 3 saturated carbocycles. The Labute approximate surface area is 181 Å². The number of esters is 4. The molecule has 2 saturated heterocycles. The molecule has 0 aromatic rings. The molecule has 0 radical (unpaired) electrons. The molecular weight excluding hydrogens is 414 g/mol. The van der Waals surface area contributed by atoms with E-state index in [9.17, 15) is 45.1 Å². The van der Waals surface area contributed by atoms with Gasteiger partial charge < -0.3 is 18.6 Å². The zero-order chi connectivity index (χ0) is 19.3. The first-order chi connectivity index (χ1) is 11.9. The van der Waals surface area contributed by atoms with E-state index in [4.69, 9.17) is 0 Å². The Hall–Kier alpha value is -0.705. The van der Waals surface area contributed by atoms with Gasteiger partial charge in [0.1, 0.15) is 0 Å². The number of rotatable bonds is 2. The number of hydrogen-bond acceptors (Lipinski definition) is 12. The van der Waals surface area contributed by atoms with Crippen molar-refractivity contribution in [3.63, 3.8) is 0 Å². The van der Waals surface area contributed by atoms with Crippen molar-refractivity contribution in [3.05, 3.63) is 0 Å². The zero-order valence-electron chi connectivity index (χ0n) is 14.3. The first-order valence-corrected chi connectivity index (χ1v) is 10.2. The fourth-order valence-corrected chi connectivity index (χ4v) is 8.34. The minimum Gasteiger partial charge on any atom is -0.748 e. The van der Waals surface area contributed by atoms with Crippen LogP contribution in [0.1, 0.15) is 0 Å². The summed E-state index contributed by atoms with van der Waals surface area (Å²) in [4.78, 5) is 48.0. The van der Waals surface area contributed by atoms with Crippen LogP contribution in [0.15, 0.2) is 0 Å². The molecule has 3 aliphatic carbocycles. The molecule has 16 heteroatoms. The van der Waals surface area contributed by atoms with E-state index < -0.39 is 90.1 Å². The van der Waals surface area contributed by atoms with Crippen molar-refractivity contribution >= 4 is 44.1 Å². The average Bonchev–Trinajstić information content (AvgIpc) is 2.95. The first-order valence-electron chi connectivity index (χ1n) is 7.26. The summed E-state index contributed by atoms with van der Waals surface area (Å²) in [6.45, 7) is 0. The summed E-state index contributed by atoms with van der Waals surface area (Å²) in [5.41, 5.74) is 0. The largest absolute Gasteiger partial charge is 1.00 e. The van der Waals surface area contributed by atoms with E-state index >= 15 is 0 Å². The van der Waals surface area contributed by atoms with E-state index in [1.54, 1.807) is 0 Å². The molecule has 6 atom stereocenters. The van der Waals surface area contributed by atoms with Gasteiger partial charge in [-0.05, 0) is 0 Å². The molecule has 2 aliphatic heterocycles. The normalized spacial score (nSPS) is 41.4. The minimum absolute atomic E-state index is 0. The Bertz CT molecular complexity index is 868. The topological polar surface area (TPSA) is 201 Å². The standard InChI is InChI=1S/C12H10O12S2.2Li/c13-9-3-1-4-6(12(16)24-10(4)14)2(5(3)11(15)23-9)8(26(20,21)22)7(1)25(17,18)19;;/h1-8H,(H,17,18,19)(H,20,21,22);;/q;2*+1/p-2. The van der Waals surface area contributed by atoms with Crippen LogP contribution in [0.2, 0.25) is 0 Å². The second-order valence-corrected chi connectivity index (χ2v) is 9.71. The fourth-order valence-electron chi connectivity index (χ4n) is 5.06. The van der Waals surface area contributed by atoms with Gasteiger partial charge in [-0.25, -0.2) is 16.8 Å². The second kappa shape index (κ2) is 6.92. The summed E-state index contributed by atoms with van der Waals surface area (Å²) < 4.78 is 79.3. The molecule has 6 unspecified atom stereocenters. The van der Waals surface area contributed by atoms with Crippen molar-refractivity contribution < 1.29 is 92.3 Å². The molecule has 0 amide bonds. The van der Waals surface area contributed by atoms with E-state index in [2.05, 4.69) is 9.47 Å². The molecular formula is C12H8Li2O12S2. The number of ether oxygens (including phenoxy) is 2. The predicted molar refractivity (Wildman–Crippen MR) is 70.1 cm³/mol. The third-order valence-electron chi connectivity index (χ3n) is 5.67. The minimum atomic E-state index is -5.52. The molecule has 12 nitrogen and oxygen atoms in total. The zero-order valence-corrected chi connectivity index (χ0v) is 16.0. The Kier molecular flexibility index (Phi) is 5.83. The summed E-state index contributed by atoms with van der Waals surface area (Å²) in [5.74, 6) is -15.2. The number of fused-ring (bicyclic) bond motifs is 1. The van der Waals surface area contributed by atoms with Crippen LogP contribution in [-0.2, 0) is 48.9 Å². The van der Waals surface area contributed by atoms with Gasteiger partial charge in [-0.1, -0.05) is 0 Å². The molecule has 5 fully saturated rings. The van der Waals surface area contributed by atoms with Crippen LogP contribution in [0.5, 0.6) is 0 Å². The summed E-state index contributed by atoms with van der Waals surface area (Å²) in [6.07, 6.45) is 0. The molecule has 5 aliphatic rings. The molecule has 28 heavy (non-hydrogen) atoms. The molecule has 5 rings (SSSR count). The smallest absolute Gasteiger partial charge is 0.748 e. The molecule has 0 spiro atoms. The van der Waals surface area contributed by atoms with Gasteiger partial charge in [0, 0.05) is 11.8 Å². The molecule has 0 aromatic carbocycles. The third kappa shape index (κ3) is 2.94. The first kappa shape index (κ1) is 23.6. The number of cyclic esters (lactones) is 4. The van der Waals surface area contributed by atoms with Crippen molar-refractivity contribution in [2.45, 2.75) is 10.5 Å². The molecule has 2 bridgehead atoms. The monoisotopic (exact) mass is 422 g/mol. The summed E-state index contributed by atoms with van der Waals surface area (Å²) in [5, 5.41) is -4.95. The van der Waals surface area contributed by atoms with Gasteiger partial charge in [-0.2, -0.15) is 0 Å². The maximum absolute atomic E-state index is 12.0. The van der Waals surface area contributed by atoms with Crippen LogP contribution in [0, 0.1) is 35.5 Å². The second-order valence-electron chi connectivity index (χ2n) is 6.65. The maximum atomic E-state index is 12.0. The van der Waals surface area contributed by atoms with E-state index in [1.807, 2.05) is 0 Å². The van der Waals surface area contributed by atoms with Gasteiger partial charge in [0.15, 0.2) is 0 Å². The van der Waals surface area contributed by atoms with Crippen molar-refractivity contribution in [3.8, 4) is 0 Å². The van der Waals surface area contributed by atoms with Crippen LogP contribution in [0.3, 0.4) is 0 Å². The number of carbonyl (C=O) groups excluding carboxylic acids is 4. The average molecular weight is 422 g/mol. The van der Waals surface area contributed by atoms with E-state index in [-0.39, 0.29) is 37.7 Å². The molecule has 0 N–H and O–H groups in total. The van der Waals surface area contributed by atoms with Crippen molar-refractivity contribution in [1.82, 2.24) is 0 Å². The Morgan fingerprint density at radius 1 is 0.571 bits per heavy atom. The maximum Gasteiger partial charge on any atom is 1.00 e. The summed E-state index contributed by atoms with van der Waals surface area (Å²) in [7, 11) is -11.0. The Balaban J connectivity index is 0.00000140. The van der Waals surface area contributed by atoms with Gasteiger partial charge in [0.2, 0.25) is 0 Å².